The summed E-state index contributed by atoms with van der Waals surface area (Å²) in [5.41, 5.74) is 2.44. The van der Waals surface area contributed by atoms with Crippen molar-refractivity contribution in [2.45, 2.75) is 56.2 Å². The predicted octanol–water partition coefficient (Wildman–Crippen LogP) is 5.16. The SMILES string of the molecule is CC1CCCCC1n1c(SCc2cc([N+](=O)[O-])cc3c2OCOC3)nnc1-c1cccnc1. The minimum atomic E-state index is -0.379. The molecular weight excluding hydrogens is 442 g/mol. The molecule has 1 fully saturated rings. The molecule has 2 aromatic heterocycles. The number of nitrogens with zero attached hydrogens (tertiary/aromatic N) is 5. The quantitative estimate of drug-likeness (QED) is 0.278. The number of hydrogen-bond acceptors (Lipinski definition) is 8. The number of benzene rings is 1. The molecule has 172 valence electrons. The minimum absolute atomic E-state index is 0.0388. The van der Waals surface area contributed by atoms with Crippen LogP contribution in [0.5, 0.6) is 5.75 Å². The van der Waals surface area contributed by atoms with E-state index in [9.17, 15) is 10.1 Å². The van der Waals surface area contributed by atoms with Crippen molar-refractivity contribution in [3.8, 4) is 17.1 Å². The van der Waals surface area contributed by atoms with Gasteiger partial charge in [-0.1, -0.05) is 31.5 Å². The van der Waals surface area contributed by atoms with Crippen molar-refractivity contribution in [3.63, 3.8) is 0 Å². The molecule has 1 aliphatic heterocycles. The van der Waals surface area contributed by atoms with Crippen molar-refractivity contribution in [2.24, 2.45) is 5.92 Å². The Morgan fingerprint density at radius 3 is 2.94 bits per heavy atom. The number of aromatic nitrogens is 4. The molecule has 0 N–H and O–H groups in total. The first-order valence-corrected chi connectivity index (χ1v) is 12.1. The maximum atomic E-state index is 11.5. The predicted molar refractivity (Wildman–Crippen MR) is 123 cm³/mol. The molecule has 1 aliphatic carbocycles. The molecule has 1 aromatic carbocycles. The zero-order chi connectivity index (χ0) is 22.8. The van der Waals surface area contributed by atoms with Gasteiger partial charge in [-0.3, -0.25) is 19.7 Å². The average molecular weight is 468 g/mol. The van der Waals surface area contributed by atoms with Crippen molar-refractivity contribution in [2.75, 3.05) is 6.79 Å². The lowest BCUT2D eigenvalue weighted by atomic mass is 9.85. The zero-order valence-electron chi connectivity index (χ0n) is 18.3. The van der Waals surface area contributed by atoms with Crippen LogP contribution in [0.25, 0.3) is 11.4 Å². The fourth-order valence-electron chi connectivity index (χ4n) is 4.68. The number of rotatable bonds is 6. The molecular formula is C23H25N5O4S. The van der Waals surface area contributed by atoms with E-state index >= 15 is 0 Å². The van der Waals surface area contributed by atoms with Gasteiger partial charge in [0, 0.05) is 53.0 Å². The Balaban J connectivity index is 1.50. The average Bonchev–Trinajstić information content (AvgIpc) is 3.27. The lowest BCUT2D eigenvalue weighted by molar-refractivity contribution is -0.385. The lowest BCUT2D eigenvalue weighted by Crippen LogP contribution is -2.22. The number of non-ortho nitro benzene ring substituents is 1. The molecule has 2 unspecified atom stereocenters. The van der Waals surface area contributed by atoms with Crippen molar-refractivity contribution < 1.29 is 14.4 Å². The molecule has 33 heavy (non-hydrogen) atoms. The molecule has 3 heterocycles. The Morgan fingerprint density at radius 2 is 2.15 bits per heavy atom. The van der Waals surface area contributed by atoms with Crippen LogP contribution in [0.1, 0.15) is 49.8 Å². The first kappa shape index (κ1) is 21.8. The van der Waals surface area contributed by atoms with Crippen LogP contribution >= 0.6 is 11.8 Å². The van der Waals surface area contributed by atoms with Gasteiger partial charge in [0.05, 0.1) is 11.5 Å². The van der Waals surface area contributed by atoms with Crippen molar-refractivity contribution in [1.29, 1.82) is 0 Å². The highest BCUT2D eigenvalue weighted by atomic mass is 32.2. The number of fused-ring (bicyclic) bond motifs is 1. The summed E-state index contributed by atoms with van der Waals surface area (Å²) in [6.07, 6.45) is 8.23. The van der Waals surface area contributed by atoms with E-state index in [1.165, 1.54) is 37.1 Å². The van der Waals surface area contributed by atoms with Crippen molar-refractivity contribution >= 4 is 17.4 Å². The molecule has 0 amide bonds. The third-order valence-corrected chi connectivity index (χ3v) is 7.31. The Bertz CT molecular complexity index is 1150. The molecule has 0 radical (unpaired) electrons. The summed E-state index contributed by atoms with van der Waals surface area (Å²) in [4.78, 5) is 15.3. The van der Waals surface area contributed by atoms with Crippen LogP contribution in [0.2, 0.25) is 0 Å². The molecule has 0 spiro atoms. The number of hydrogen-bond donors (Lipinski definition) is 0. The lowest BCUT2D eigenvalue weighted by Gasteiger charge is -2.31. The fourth-order valence-corrected chi connectivity index (χ4v) is 5.64. The van der Waals surface area contributed by atoms with E-state index in [1.54, 1.807) is 12.3 Å². The van der Waals surface area contributed by atoms with Gasteiger partial charge in [-0.05, 0) is 30.9 Å². The number of nitro benzene ring substituents is 1. The van der Waals surface area contributed by atoms with Gasteiger partial charge in [0.1, 0.15) is 5.75 Å². The Hall–Kier alpha value is -2.98. The Labute approximate surface area is 195 Å². The standard InChI is InChI=1S/C23H25N5O4S/c1-15-5-2-3-7-20(15)27-22(16-6-4-8-24-11-16)25-26-23(27)33-13-18-10-19(28(29)30)9-17-12-31-14-32-21(17)18/h4,6,8-11,15,20H,2-3,5,7,12-14H2,1H3. The zero-order valence-corrected chi connectivity index (χ0v) is 19.2. The number of nitro groups is 1. The van der Waals surface area contributed by atoms with Gasteiger partial charge in [-0.15, -0.1) is 10.2 Å². The monoisotopic (exact) mass is 467 g/mol. The van der Waals surface area contributed by atoms with E-state index < -0.39 is 0 Å². The van der Waals surface area contributed by atoms with Crippen LogP contribution in [0.15, 0.2) is 41.8 Å². The van der Waals surface area contributed by atoms with E-state index in [-0.39, 0.29) is 17.4 Å². The van der Waals surface area contributed by atoms with Crippen molar-refractivity contribution in [3.05, 3.63) is 57.9 Å². The summed E-state index contributed by atoms with van der Waals surface area (Å²) >= 11 is 1.53. The first-order chi connectivity index (χ1) is 16.1. The van der Waals surface area contributed by atoms with Crippen LogP contribution in [-0.4, -0.2) is 31.5 Å². The van der Waals surface area contributed by atoms with E-state index in [4.69, 9.17) is 9.47 Å². The summed E-state index contributed by atoms with van der Waals surface area (Å²) < 4.78 is 13.3. The summed E-state index contributed by atoms with van der Waals surface area (Å²) in [6.45, 7) is 2.73. The highest BCUT2D eigenvalue weighted by Gasteiger charge is 2.29. The molecule has 3 aromatic rings. The van der Waals surface area contributed by atoms with E-state index in [2.05, 4.69) is 26.7 Å². The maximum Gasteiger partial charge on any atom is 0.270 e. The second-order valence-corrected chi connectivity index (χ2v) is 9.44. The van der Waals surface area contributed by atoms with Gasteiger partial charge >= 0.3 is 0 Å². The van der Waals surface area contributed by atoms with Crippen LogP contribution in [0.4, 0.5) is 5.69 Å². The number of pyridine rings is 1. The third kappa shape index (κ3) is 4.45. The fraction of sp³-hybridized carbons (Fsp3) is 0.435. The largest absolute Gasteiger partial charge is 0.467 e. The number of ether oxygens (including phenoxy) is 2. The Morgan fingerprint density at radius 1 is 1.27 bits per heavy atom. The third-order valence-electron chi connectivity index (χ3n) is 6.32. The molecule has 2 atom stereocenters. The first-order valence-electron chi connectivity index (χ1n) is 11.1. The van der Waals surface area contributed by atoms with E-state index in [1.807, 2.05) is 18.3 Å². The summed E-state index contributed by atoms with van der Waals surface area (Å²) in [5.74, 6) is 2.48. The van der Waals surface area contributed by atoms with Crippen molar-refractivity contribution in [1.82, 2.24) is 19.7 Å². The van der Waals surface area contributed by atoms with Gasteiger partial charge in [-0.2, -0.15) is 0 Å². The highest BCUT2D eigenvalue weighted by Crippen LogP contribution is 2.41. The van der Waals surface area contributed by atoms with E-state index in [0.29, 0.717) is 35.6 Å². The topological polar surface area (TPSA) is 105 Å². The summed E-state index contributed by atoms with van der Waals surface area (Å²) in [7, 11) is 0. The Kier molecular flexibility index (Phi) is 6.28. The normalized spacial score (nSPS) is 20.2. The smallest absolute Gasteiger partial charge is 0.270 e. The summed E-state index contributed by atoms with van der Waals surface area (Å²) in [5, 5.41) is 21.3. The summed E-state index contributed by atoms with van der Waals surface area (Å²) in [6, 6.07) is 7.31. The second-order valence-electron chi connectivity index (χ2n) is 8.50. The van der Waals surface area contributed by atoms with Crippen LogP contribution in [0, 0.1) is 16.0 Å². The molecule has 0 saturated heterocycles. The second kappa shape index (κ2) is 9.48. The molecule has 10 heteroatoms. The van der Waals surface area contributed by atoms with Gasteiger partial charge in [0.15, 0.2) is 17.8 Å². The van der Waals surface area contributed by atoms with E-state index in [0.717, 1.165) is 28.5 Å². The maximum absolute atomic E-state index is 11.5. The van der Waals surface area contributed by atoms with Crippen LogP contribution in [0.3, 0.4) is 0 Å². The minimum Gasteiger partial charge on any atom is -0.467 e. The number of thioether (sulfide) groups is 1. The van der Waals surface area contributed by atoms with Crippen LogP contribution in [-0.2, 0) is 17.1 Å². The van der Waals surface area contributed by atoms with Gasteiger partial charge in [0.2, 0.25) is 0 Å². The molecule has 5 rings (SSSR count). The van der Waals surface area contributed by atoms with Gasteiger partial charge < -0.3 is 9.47 Å². The van der Waals surface area contributed by atoms with Gasteiger partial charge in [0.25, 0.3) is 5.69 Å². The molecule has 0 bridgehead atoms. The molecule has 2 aliphatic rings. The van der Waals surface area contributed by atoms with Crippen LogP contribution < -0.4 is 4.74 Å². The molecule has 9 nitrogen and oxygen atoms in total. The highest BCUT2D eigenvalue weighted by molar-refractivity contribution is 7.98. The van der Waals surface area contributed by atoms with Gasteiger partial charge in [-0.25, -0.2) is 0 Å². The molecule has 1 saturated carbocycles.